The van der Waals surface area contributed by atoms with Gasteiger partial charge in [-0.15, -0.1) is 0 Å². The molecule has 2 aromatic heterocycles. The Morgan fingerprint density at radius 3 is 2.74 bits per heavy atom. The first-order valence-electron chi connectivity index (χ1n) is 6.49. The van der Waals surface area contributed by atoms with Crippen LogP contribution in [0.1, 0.15) is 35.6 Å². The molecule has 2 heterocycles. The molecule has 0 radical (unpaired) electrons. The quantitative estimate of drug-likeness (QED) is 0.918. The van der Waals surface area contributed by atoms with Crippen LogP contribution in [0.2, 0.25) is 0 Å². The van der Waals surface area contributed by atoms with Gasteiger partial charge >= 0.3 is 0 Å². The van der Waals surface area contributed by atoms with Crippen molar-refractivity contribution in [1.29, 1.82) is 0 Å². The normalized spacial score (nSPS) is 11.3. The maximum absolute atomic E-state index is 12.3. The Kier molecular flexibility index (Phi) is 3.55. The second kappa shape index (κ2) is 4.99. The van der Waals surface area contributed by atoms with Crippen LogP contribution in [0, 0.1) is 19.8 Å². The SMILES string of the molecule is Cc1cc(C(=O)NCC(C)C)c2c(C)nn(C)c2n1. The summed E-state index contributed by atoms with van der Waals surface area (Å²) in [4.78, 5) is 16.8. The molecule has 19 heavy (non-hydrogen) atoms. The van der Waals surface area contributed by atoms with Gasteiger partial charge in [0.25, 0.3) is 5.91 Å². The zero-order valence-electron chi connectivity index (χ0n) is 12.1. The van der Waals surface area contributed by atoms with E-state index < -0.39 is 0 Å². The molecule has 0 saturated heterocycles. The van der Waals surface area contributed by atoms with E-state index in [2.05, 4.69) is 29.2 Å². The van der Waals surface area contributed by atoms with Crippen LogP contribution in [0.3, 0.4) is 0 Å². The third-order valence-corrected chi connectivity index (χ3v) is 3.01. The van der Waals surface area contributed by atoms with Gasteiger partial charge in [0, 0.05) is 19.3 Å². The van der Waals surface area contributed by atoms with Gasteiger partial charge in [0.15, 0.2) is 5.65 Å². The Balaban J connectivity index is 2.50. The molecule has 0 unspecified atom stereocenters. The molecule has 0 fully saturated rings. The molecule has 5 nitrogen and oxygen atoms in total. The summed E-state index contributed by atoms with van der Waals surface area (Å²) in [5.74, 6) is 0.373. The summed E-state index contributed by atoms with van der Waals surface area (Å²) in [5.41, 5.74) is 3.07. The molecule has 2 aromatic rings. The highest BCUT2D eigenvalue weighted by molar-refractivity contribution is 6.06. The molecule has 0 aromatic carbocycles. The number of amides is 1. The molecule has 1 amide bonds. The lowest BCUT2D eigenvalue weighted by Gasteiger charge is -2.09. The number of aromatic nitrogens is 3. The van der Waals surface area contributed by atoms with Gasteiger partial charge in [-0.05, 0) is 25.8 Å². The number of nitrogens with one attached hydrogen (secondary N) is 1. The first kappa shape index (κ1) is 13.5. The summed E-state index contributed by atoms with van der Waals surface area (Å²) >= 11 is 0. The van der Waals surface area contributed by atoms with Crippen molar-refractivity contribution < 1.29 is 4.79 Å². The zero-order valence-corrected chi connectivity index (χ0v) is 12.1. The first-order valence-corrected chi connectivity index (χ1v) is 6.49. The van der Waals surface area contributed by atoms with Crippen LogP contribution in [-0.2, 0) is 7.05 Å². The van der Waals surface area contributed by atoms with Crippen molar-refractivity contribution in [2.24, 2.45) is 13.0 Å². The average molecular weight is 260 g/mol. The van der Waals surface area contributed by atoms with Crippen LogP contribution < -0.4 is 5.32 Å². The third kappa shape index (κ3) is 2.59. The zero-order chi connectivity index (χ0) is 14.2. The summed E-state index contributed by atoms with van der Waals surface area (Å²) in [5, 5.41) is 8.14. The fraction of sp³-hybridized carbons (Fsp3) is 0.500. The van der Waals surface area contributed by atoms with Crippen LogP contribution in [0.15, 0.2) is 6.07 Å². The predicted octanol–water partition coefficient (Wildman–Crippen LogP) is 1.97. The van der Waals surface area contributed by atoms with Crippen molar-refractivity contribution in [2.75, 3.05) is 6.54 Å². The summed E-state index contributed by atoms with van der Waals surface area (Å²) in [6.07, 6.45) is 0. The minimum Gasteiger partial charge on any atom is -0.352 e. The average Bonchev–Trinajstić information content (AvgIpc) is 2.61. The highest BCUT2D eigenvalue weighted by atomic mass is 16.1. The summed E-state index contributed by atoms with van der Waals surface area (Å²) in [6, 6.07) is 1.83. The lowest BCUT2D eigenvalue weighted by atomic mass is 10.1. The highest BCUT2D eigenvalue weighted by Crippen LogP contribution is 2.21. The number of hydrogen-bond donors (Lipinski definition) is 1. The van der Waals surface area contributed by atoms with Crippen molar-refractivity contribution in [3.63, 3.8) is 0 Å². The van der Waals surface area contributed by atoms with Gasteiger partial charge in [-0.3, -0.25) is 9.48 Å². The van der Waals surface area contributed by atoms with E-state index in [0.29, 0.717) is 18.0 Å². The van der Waals surface area contributed by atoms with Gasteiger partial charge in [-0.2, -0.15) is 5.10 Å². The fourth-order valence-corrected chi connectivity index (χ4v) is 2.14. The predicted molar refractivity (Wildman–Crippen MR) is 75.2 cm³/mol. The molecule has 1 N–H and O–H groups in total. The molecule has 102 valence electrons. The van der Waals surface area contributed by atoms with Crippen LogP contribution in [-0.4, -0.2) is 27.2 Å². The maximum Gasteiger partial charge on any atom is 0.252 e. The number of hydrogen-bond acceptors (Lipinski definition) is 3. The molecule has 0 aliphatic carbocycles. The summed E-state index contributed by atoms with van der Waals surface area (Å²) in [6.45, 7) is 8.60. The molecule has 0 bridgehead atoms. The molecule has 2 rings (SSSR count). The van der Waals surface area contributed by atoms with Crippen LogP contribution >= 0.6 is 0 Å². The number of nitrogens with zero attached hydrogens (tertiary/aromatic N) is 3. The first-order chi connectivity index (χ1) is 8.90. The number of carbonyl (C=O) groups excluding carboxylic acids is 1. The smallest absolute Gasteiger partial charge is 0.252 e. The summed E-state index contributed by atoms with van der Waals surface area (Å²) in [7, 11) is 1.84. The van der Waals surface area contributed by atoms with Crippen molar-refractivity contribution in [3.05, 3.63) is 23.0 Å². The Morgan fingerprint density at radius 1 is 1.42 bits per heavy atom. The monoisotopic (exact) mass is 260 g/mol. The standard InChI is InChI=1S/C14H20N4O/c1-8(2)7-15-14(19)11-6-9(3)16-13-12(11)10(4)17-18(13)5/h6,8H,7H2,1-5H3,(H,15,19). The molecular formula is C14H20N4O. The third-order valence-electron chi connectivity index (χ3n) is 3.01. The van der Waals surface area contributed by atoms with Crippen LogP contribution in [0.4, 0.5) is 0 Å². The fourth-order valence-electron chi connectivity index (χ4n) is 2.14. The van der Waals surface area contributed by atoms with Crippen LogP contribution in [0.5, 0.6) is 0 Å². The molecule has 0 saturated carbocycles. The molecule has 0 atom stereocenters. The number of carbonyl (C=O) groups is 1. The maximum atomic E-state index is 12.3. The van der Waals surface area contributed by atoms with E-state index in [4.69, 9.17) is 0 Å². The topological polar surface area (TPSA) is 59.8 Å². The number of aryl methyl sites for hydroxylation is 3. The van der Waals surface area contributed by atoms with E-state index in [1.165, 1.54) is 0 Å². The lowest BCUT2D eigenvalue weighted by Crippen LogP contribution is -2.27. The second-order valence-corrected chi connectivity index (χ2v) is 5.32. The minimum atomic E-state index is -0.0553. The van der Waals surface area contributed by atoms with Crippen molar-refractivity contribution in [1.82, 2.24) is 20.1 Å². The Hall–Kier alpha value is -1.91. The van der Waals surface area contributed by atoms with Crippen molar-refractivity contribution in [3.8, 4) is 0 Å². The highest BCUT2D eigenvalue weighted by Gasteiger charge is 2.17. The Bertz CT molecular complexity index is 628. The molecule has 5 heteroatoms. The van der Waals surface area contributed by atoms with Gasteiger partial charge in [-0.25, -0.2) is 4.98 Å². The van der Waals surface area contributed by atoms with E-state index in [-0.39, 0.29) is 5.91 Å². The van der Waals surface area contributed by atoms with E-state index in [9.17, 15) is 4.79 Å². The number of rotatable bonds is 3. The largest absolute Gasteiger partial charge is 0.352 e. The molecule has 0 aliphatic heterocycles. The number of fused-ring (bicyclic) bond motifs is 1. The van der Waals surface area contributed by atoms with Gasteiger partial charge in [0.05, 0.1) is 16.6 Å². The van der Waals surface area contributed by atoms with E-state index in [0.717, 1.165) is 22.4 Å². The Morgan fingerprint density at radius 2 is 2.11 bits per heavy atom. The van der Waals surface area contributed by atoms with E-state index in [1.54, 1.807) is 4.68 Å². The lowest BCUT2D eigenvalue weighted by molar-refractivity contribution is 0.0950. The van der Waals surface area contributed by atoms with E-state index in [1.807, 2.05) is 27.0 Å². The number of pyridine rings is 1. The minimum absolute atomic E-state index is 0.0553. The van der Waals surface area contributed by atoms with Crippen LogP contribution in [0.25, 0.3) is 11.0 Å². The van der Waals surface area contributed by atoms with Gasteiger partial charge in [0.1, 0.15) is 0 Å². The Labute approximate surface area is 113 Å². The molecule has 0 spiro atoms. The van der Waals surface area contributed by atoms with Gasteiger partial charge in [0.2, 0.25) is 0 Å². The van der Waals surface area contributed by atoms with E-state index >= 15 is 0 Å². The molecular weight excluding hydrogens is 240 g/mol. The second-order valence-electron chi connectivity index (χ2n) is 5.32. The van der Waals surface area contributed by atoms with Crippen molar-refractivity contribution in [2.45, 2.75) is 27.7 Å². The van der Waals surface area contributed by atoms with Gasteiger partial charge < -0.3 is 5.32 Å². The summed E-state index contributed by atoms with van der Waals surface area (Å²) < 4.78 is 1.72. The van der Waals surface area contributed by atoms with Crippen molar-refractivity contribution >= 4 is 16.9 Å². The van der Waals surface area contributed by atoms with Gasteiger partial charge in [-0.1, -0.05) is 13.8 Å². The molecule has 0 aliphatic rings.